The van der Waals surface area contributed by atoms with Crippen molar-refractivity contribution >= 4 is 52.6 Å². The molecule has 0 radical (unpaired) electrons. The maximum Gasteiger partial charge on any atom is 0.335 e. The van der Waals surface area contributed by atoms with Crippen LogP contribution in [-0.2, 0) is 9.59 Å². The van der Waals surface area contributed by atoms with Gasteiger partial charge in [-0.15, -0.1) is 0 Å². The summed E-state index contributed by atoms with van der Waals surface area (Å²) in [6, 6.07) is 13.5. The molecule has 2 N–H and O–H groups in total. The SMILES string of the molecule is CN(C)c1ccc(C=CC=C2C(=O)NC(=S)N(c3cccc(C(=O)O)c3)C2=O)cc1. The highest BCUT2D eigenvalue weighted by Crippen LogP contribution is 2.22. The number of nitrogens with one attached hydrogen (secondary N) is 1. The van der Waals surface area contributed by atoms with Crippen LogP contribution in [0.4, 0.5) is 11.4 Å². The lowest BCUT2D eigenvalue weighted by Gasteiger charge is -2.28. The molecule has 30 heavy (non-hydrogen) atoms. The van der Waals surface area contributed by atoms with Crippen LogP contribution in [0.25, 0.3) is 6.08 Å². The Labute approximate surface area is 178 Å². The second-order valence-electron chi connectivity index (χ2n) is 6.68. The predicted molar refractivity (Wildman–Crippen MR) is 120 cm³/mol. The third-order valence-corrected chi connectivity index (χ3v) is 4.70. The molecule has 1 aliphatic rings. The molecule has 0 saturated carbocycles. The summed E-state index contributed by atoms with van der Waals surface area (Å²) in [5.74, 6) is -2.36. The van der Waals surface area contributed by atoms with Crippen LogP contribution in [0.3, 0.4) is 0 Å². The van der Waals surface area contributed by atoms with Crippen molar-refractivity contribution in [2.24, 2.45) is 0 Å². The van der Waals surface area contributed by atoms with Crippen molar-refractivity contribution in [3.63, 3.8) is 0 Å². The molecule has 7 nitrogen and oxygen atoms in total. The molecule has 1 heterocycles. The van der Waals surface area contributed by atoms with E-state index in [1.807, 2.05) is 43.3 Å². The van der Waals surface area contributed by atoms with Crippen molar-refractivity contribution in [1.82, 2.24) is 5.32 Å². The van der Waals surface area contributed by atoms with E-state index in [1.54, 1.807) is 18.2 Å². The highest BCUT2D eigenvalue weighted by molar-refractivity contribution is 7.80. The van der Waals surface area contributed by atoms with Gasteiger partial charge in [0.1, 0.15) is 5.57 Å². The number of hydrogen-bond donors (Lipinski definition) is 2. The van der Waals surface area contributed by atoms with Gasteiger partial charge in [0.15, 0.2) is 5.11 Å². The molecule has 0 aliphatic carbocycles. The van der Waals surface area contributed by atoms with Crippen molar-refractivity contribution in [3.05, 3.63) is 77.4 Å². The lowest BCUT2D eigenvalue weighted by Crippen LogP contribution is -2.54. The minimum absolute atomic E-state index is 0.00611. The average molecular weight is 421 g/mol. The number of carboxylic acid groups (broad SMARTS) is 1. The number of carbonyl (C=O) groups is 3. The molecule has 1 fully saturated rings. The van der Waals surface area contributed by atoms with Crippen LogP contribution < -0.4 is 15.1 Å². The summed E-state index contributed by atoms with van der Waals surface area (Å²) < 4.78 is 0. The van der Waals surface area contributed by atoms with Gasteiger partial charge in [-0.3, -0.25) is 19.8 Å². The molecule has 2 aromatic rings. The summed E-state index contributed by atoms with van der Waals surface area (Å²) in [5.41, 5.74) is 2.12. The average Bonchev–Trinajstić information content (AvgIpc) is 2.70. The third kappa shape index (κ3) is 4.44. The predicted octanol–water partition coefficient (Wildman–Crippen LogP) is 2.84. The normalized spacial score (nSPS) is 15.6. The number of benzene rings is 2. The number of amides is 2. The molecule has 0 bridgehead atoms. The van der Waals surface area contributed by atoms with Crippen LogP contribution >= 0.6 is 12.2 Å². The first-order valence-corrected chi connectivity index (χ1v) is 9.37. The number of thiocarbonyl (C=S) groups is 1. The van der Waals surface area contributed by atoms with E-state index < -0.39 is 17.8 Å². The van der Waals surface area contributed by atoms with E-state index in [9.17, 15) is 19.5 Å². The molecule has 0 spiro atoms. The van der Waals surface area contributed by atoms with Crippen molar-refractivity contribution in [1.29, 1.82) is 0 Å². The van der Waals surface area contributed by atoms with Crippen LogP contribution in [0.2, 0.25) is 0 Å². The molecular formula is C22H19N3O4S. The molecule has 0 atom stereocenters. The second-order valence-corrected chi connectivity index (χ2v) is 7.07. The minimum Gasteiger partial charge on any atom is -0.478 e. The summed E-state index contributed by atoms with van der Waals surface area (Å²) in [6.45, 7) is 0. The molecule has 3 rings (SSSR count). The van der Waals surface area contributed by atoms with E-state index in [0.717, 1.165) is 16.2 Å². The largest absolute Gasteiger partial charge is 0.478 e. The van der Waals surface area contributed by atoms with Crippen LogP contribution in [0.5, 0.6) is 0 Å². The Morgan fingerprint density at radius 1 is 1.13 bits per heavy atom. The maximum atomic E-state index is 12.9. The fraction of sp³-hybridized carbons (Fsp3) is 0.0909. The number of carboxylic acids is 1. The van der Waals surface area contributed by atoms with Gasteiger partial charge in [0.2, 0.25) is 0 Å². The van der Waals surface area contributed by atoms with Crippen molar-refractivity contribution < 1.29 is 19.5 Å². The first-order valence-electron chi connectivity index (χ1n) is 8.97. The van der Waals surface area contributed by atoms with Gasteiger partial charge in [-0.2, -0.15) is 0 Å². The van der Waals surface area contributed by atoms with Gasteiger partial charge < -0.3 is 10.0 Å². The number of hydrogen-bond acceptors (Lipinski definition) is 5. The van der Waals surface area contributed by atoms with Gasteiger partial charge in [0.25, 0.3) is 11.8 Å². The molecule has 2 aromatic carbocycles. The molecular weight excluding hydrogens is 402 g/mol. The summed E-state index contributed by atoms with van der Waals surface area (Å²) in [7, 11) is 3.90. The lowest BCUT2D eigenvalue weighted by atomic mass is 10.1. The zero-order valence-electron chi connectivity index (χ0n) is 16.3. The first kappa shape index (κ1) is 20.9. The highest BCUT2D eigenvalue weighted by atomic mass is 32.1. The van der Waals surface area contributed by atoms with Crippen LogP contribution in [0.15, 0.2) is 66.3 Å². The van der Waals surface area contributed by atoms with Crippen LogP contribution in [-0.4, -0.2) is 42.1 Å². The van der Waals surface area contributed by atoms with E-state index in [0.29, 0.717) is 0 Å². The summed E-state index contributed by atoms with van der Waals surface area (Å²) in [6.07, 6.45) is 4.79. The molecule has 2 amide bonds. The number of rotatable bonds is 5. The van der Waals surface area contributed by atoms with Crippen molar-refractivity contribution in [3.8, 4) is 0 Å². The topological polar surface area (TPSA) is 90.0 Å². The Bertz CT molecular complexity index is 1090. The van der Waals surface area contributed by atoms with E-state index in [4.69, 9.17) is 12.2 Å². The first-order chi connectivity index (χ1) is 14.3. The Hall–Kier alpha value is -3.78. The number of aromatic carboxylic acids is 1. The molecule has 1 saturated heterocycles. The Morgan fingerprint density at radius 3 is 2.47 bits per heavy atom. The monoisotopic (exact) mass is 421 g/mol. The second kappa shape index (κ2) is 8.71. The standard InChI is InChI=1S/C22H19N3O4S/c1-24(2)16-11-9-14(10-12-16)5-3-8-18-19(26)23-22(30)25(20(18)27)17-7-4-6-15(13-17)21(28)29/h3-13H,1-2H3,(H,28,29)(H,23,26,30). The van der Waals surface area contributed by atoms with Gasteiger partial charge in [-0.25, -0.2) is 4.79 Å². The number of nitrogens with zero attached hydrogens (tertiary/aromatic N) is 2. The number of anilines is 2. The van der Waals surface area contributed by atoms with Crippen molar-refractivity contribution in [2.45, 2.75) is 0 Å². The Morgan fingerprint density at radius 2 is 1.83 bits per heavy atom. The highest BCUT2D eigenvalue weighted by Gasteiger charge is 2.34. The smallest absolute Gasteiger partial charge is 0.335 e. The van der Waals surface area contributed by atoms with Gasteiger partial charge in [0.05, 0.1) is 11.3 Å². The van der Waals surface area contributed by atoms with E-state index in [1.165, 1.54) is 24.3 Å². The van der Waals surface area contributed by atoms with E-state index in [2.05, 4.69) is 5.32 Å². The van der Waals surface area contributed by atoms with E-state index in [-0.39, 0.29) is 21.9 Å². The Balaban J connectivity index is 1.86. The van der Waals surface area contributed by atoms with Gasteiger partial charge in [-0.05, 0) is 54.2 Å². The van der Waals surface area contributed by atoms with Gasteiger partial charge in [-0.1, -0.05) is 30.4 Å². The summed E-state index contributed by atoms with van der Waals surface area (Å²) in [4.78, 5) is 39.5. The van der Waals surface area contributed by atoms with Crippen LogP contribution in [0.1, 0.15) is 15.9 Å². The number of carbonyl (C=O) groups excluding carboxylic acids is 2. The Kier molecular flexibility index (Phi) is 6.08. The molecule has 0 aromatic heterocycles. The molecule has 152 valence electrons. The van der Waals surface area contributed by atoms with E-state index >= 15 is 0 Å². The molecule has 1 aliphatic heterocycles. The third-order valence-electron chi connectivity index (χ3n) is 4.41. The lowest BCUT2D eigenvalue weighted by molar-refractivity contribution is -0.122. The van der Waals surface area contributed by atoms with Gasteiger partial charge >= 0.3 is 5.97 Å². The number of allylic oxidation sites excluding steroid dienone is 2. The zero-order valence-corrected chi connectivity index (χ0v) is 17.1. The summed E-state index contributed by atoms with van der Waals surface area (Å²) >= 11 is 5.12. The molecule has 0 unspecified atom stereocenters. The fourth-order valence-electron chi connectivity index (χ4n) is 2.83. The zero-order chi connectivity index (χ0) is 21.8. The van der Waals surface area contributed by atoms with Crippen molar-refractivity contribution in [2.75, 3.05) is 23.9 Å². The molecule has 8 heteroatoms. The summed E-state index contributed by atoms with van der Waals surface area (Å²) in [5, 5.41) is 11.5. The maximum absolute atomic E-state index is 12.9. The fourth-order valence-corrected chi connectivity index (χ4v) is 3.11. The van der Waals surface area contributed by atoms with Crippen LogP contribution in [0, 0.1) is 0 Å². The van der Waals surface area contributed by atoms with Gasteiger partial charge in [0, 0.05) is 19.8 Å². The quantitative estimate of drug-likeness (QED) is 0.438. The minimum atomic E-state index is -1.13.